The van der Waals surface area contributed by atoms with E-state index in [1.54, 1.807) is 6.92 Å². The van der Waals surface area contributed by atoms with Gasteiger partial charge in [-0.1, -0.05) is 0 Å². The average Bonchev–Trinajstić information content (AvgIpc) is 2.37. The molecule has 19 heavy (non-hydrogen) atoms. The molecule has 0 aromatic carbocycles. The van der Waals surface area contributed by atoms with Crippen LogP contribution >= 0.6 is 0 Å². The number of hydrogen-bond acceptors (Lipinski definition) is 8. The van der Waals surface area contributed by atoms with E-state index in [0.29, 0.717) is 6.54 Å². The third-order valence-electron chi connectivity index (χ3n) is 2.01. The topological polar surface area (TPSA) is 119 Å². The Kier molecular flexibility index (Phi) is 5.45. The third kappa shape index (κ3) is 4.37. The molecule has 0 fully saturated rings. The maximum absolute atomic E-state index is 11.2. The monoisotopic (exact) mass is 269 g/mol. The van der Waals surface area contributed by atoms with Crippen LogP contribution in [0.2, 0.25) is 0 Å². The lowest BCUT2D eigenvalue weighted by molar-refractivity contribution is -0.384. The summed E-state index contributed by atoms with van der Waals surface area (Å²) in [5.41, 5.74) is -0.300. The van der Waals surface area contributed by atoms with Gasteiger partial charge in [-0.05, 0) is 13.8 Å². The van der Waals surface area contributed by atoms with Crippen molar-refractivity contribution in [1.82, 2.24) is 9.97 Å². The van der Waals surface area contributed by atoms with E-state index in [9.17, 15) is 14.9 Å². The van der Waals surface area contributed by atoms with Crippen molar-refractivity contribution < 1.29 is 14.5 Å². The van der Waals surface area contributed by atoms with Gasteiger partial charge in [-0.3, -0.25) is 14.9 Å². The van der Waals surface area contributed by atoms with E-state index < -0.39 is 10.9 Å². The largest absolute Gasteiger partial charge is 0.465 e. The zero-order valence-electron chi connectivity index (χ0n) is 10.7. The molecular weight excluding hydrogens is 254 g/mol. The van der Waals surface area contributed by atoms with Crippen LogP contribution in [-0.4, -0.2) is 40.6 Å². The fraction of sp³-hybridized carbons (Fsp3) is 0.500. The lowest BCUT2D eigenvalue weighted by Gasteiger charge is -2.07. The highest BCUT2D eigenvalue weighted by Gasteiger charge is 2.17. The minimum atomic E-state index is -0.622. The maximum atomic E-state index is 11.2. The predicted octanol–water partition coefficient (Wildman–Crippen LogP) is 0.792. The van der Waals surface area contributed by atoms with E-state index in [2.05, 4.69) is 20.6 Å². The molecule has 0 aliphatic heterocycles. The summed E-state index contributed by atoms with van der Waals surface area (Å²) in [6, 6.07) is 0. The summed E-state index contributed by atoms with van der Waals surface area (Å²) < 4.78 is 4.71. The highest BCUT2D eigenvalue weighted by Crippen LogP contribution is 2.21. The highest BCUT2D eigenvalue weighted by molar-refractivity contribution is 5.75. The van der Waals surface area contributed by atoms with Crippen LogP contribution in [0.25, 0.3) is 0 Å². The second-order valence-electron chi connectivity index (χ2n) is 3.37. The van der Waals surface area contributed by atoms with Gasteiger partial charge in [0.05, 0.1) is 11.5 Å². The molecule has 9 nitrogen and oxygen atoms in total. The SMILES string of the molecule is CCNc1ncc([N+](=O)[O-])c(NCC(=O)OCC)n1. The number of carbonyl (C=O) groups is 1. The van der Waals surface area contributed by atoms with Gasteiger partial charge in [0.2, 0.25) is 11.8 Å². The molecule has 0 radical (unpaired) electrons. The number of ether oxygens (including phenoxy) is 1. The number of anilines is 2. The van der Waals surface area contributed by atoms with Crippen molar-refractivity contribution in [3.8, 4) is 0 Å². The van der Waals surface area contributed by atoms with Crippen LogP contribution < -0.4 is 10.6 Å². The summed E-state index contributed by atoms with van der Waals surface area (Å²) >= 11 is 0. The molecule has 0 bridgehead atoms. The minimum absolute atomic E-state index is 0.0241. The average molecular weight is 269 g/mol. The number of nitro groups is 1. The number of carbonyl (C=O) groups excluding carboxylic acids is 1. The molecule has 1 rings (SSSR count). The van der Waals surface area contributed by atoms with Crippen molar-refractivity contribution in [3.63, 3.8) is 0 Å². The van der Waals surface area contributed by atoms with Gasteiger partial charge in [0, 0.05) is 6.54 Å². The Morgan fingerprint density at radius 2 is 2.21 bits per heavy atom. The van der Waals surface area contributed by atoms with Crippen LogP contribution in [0, 0.1) is 10.1 Å². The number of nitrogens with one attached hydrogen (secondary N) is 2. The van der Waals surface area contributed by atoms with E-state index in [1.807, 2.05) is 6.92 Å². The first-order valence-electron chi connectivity index (χ1n) is 5.73. The minimum Gasteiger partial charge on any atom is -0.465 e. The normalized spacial score (nSPS) is 9.79. The molecule has 1 aromatic heterocycles. The zero-order chi connectivity index (χ0) is 14.3. The first-order valence-corrected chi connectivity index (χ1v) is 5.73. The molecule has 1 heterocycles. The second-order valence-corrected chi connectivity index (χ2v) is 3.37. The van der Waals surface area contributed by atoms with E-state index in [4.69, 9.17) is 4.74 Å². The van der Waals surface area contributed by atoms with Crippen molar-refractivity contribution in [1.29, 1.82) is 0 Å². The molecule has 0 unspecified atom stereocenters. The van der Waals surface area contributed by atoms with E-state index in [1.165, 1.54) is 0 Å². The molecule has 9 heteroatoms. The van der Waals surface area contributed by atoms with Crippen LogP contribution in [0.1, 0.15) is 13.8 Å². The number of nitrogens with zero attached hydrogens (tertiary/aromatic N) is 3. The molecule has 0 atom stereocenters. The van der Waals surface area contributed by atoms with Gasteiger partial charge in [-0.15, -0.1) is 0 Å². The molecule has 104 valence electrons. The third-order valence-corrected chi connectivity index (χ3v) is 2.01. The first kappa shape index (κ1) is 14.6. The van der Waals surface area contributed by atoms with Crippen molar-refractivity contribution in [2.75, 3.05) is 30.3 Å². The molecule has 0 aliphatic rings. The first-order chi connectivity index (χ1) is 9.08. The van der Waals surface area contributed by atoms with Gasteiger partial charge in [-0.25, -0.2) is 4.98 Å². The standard InChI is InChI=1S/C10H15N5O4/c1-3-11-10-13-5-7(15(17)18)9(14-10)12-6-8(16)19-4-2/h5H,3-4,6H2,1-2H3,(H2,11,12,13,14). The van der Waals surface area contributed by atoms with Crippen molar-refractivity contribution >= 4 is 23.4 Å². The number of esters is 1. The molecule has 2 N–H and O–H groups in total. The van der Waals surface area contributed by atoms with Gasteiger partial charge in [-0.2, -0.15) is 4.98 Å². The fourth-order valence-electron chi connectivity index (χ4n) is 1.25. The summed E-state index contributed by atoms with van der Waals surface area (Å²) in [4.78, 5) is 29.1. The molecule has 0 saturated carbocycles. The van der Waals surface area contributed by atoms with E-state index >= 15 is 0 Å². The Balaban J connectivity index is 2.85. The summed E-state index contributed by atoms with van der Waals surface area (Å²) in [5, 5.41) is 16.2. The van der Waals surface area contributed by atoms with Crippen LogP contribution in [-0.2, 0) is 9.53 Å². The van der Waals surface area contributed by atoms with E-state index in [0.717, 1.165) is 6.20 Å². The molecular formula is C10H15N5O4. The summed E-state index contributed by atoms with van der Waals surface area (Å²) in [7, 11) is 0. The van der Waals surface area contributed by atoms with Crippen molar-refractivity contribution in [2.24, 2.45) is 0 Å². The molecule has 1 aromatic rings. The second kappa shape index (κ2) is 7.09. The Bertz CT molecular complexity index is 465. The maximum Gasteiger partial charge on any atom is 0.329 e. The van der Waals surface area contributed by atoms with Gasteiger partial charge >= 0.3 is 11.7 Å². The van der Waals surface area contributed by atoms with Gasteiger partial charge in [0.15, 0.2) is 0 Å². The summed E-state index contributed by atoms with van der Waals surface area (Å²) in [6.45, 7) is 4.15. The van der Waals surface area contributed by atoms with Gasteiger partial charge in [0.25, 0.3) is 0 Å². The Hall–Kier alpha value is -2.45. The van der Waals surface area contributed by atoms with E-state index in [-0.39, 0.29) is 30.6 Å². The summed E-state index contributed by atoms with van der Waals surface area (Å²) in [6.07, 6.45) is 1.08. The molecule has 0 saturated heterocycles. The Labute approximate surface area is 109 Å². The molecule has 0 amide bonds. The Morgan fingerprint density at radius 1 is 1.47 bits per heavy atom. The van der Waals surface area contributed by atoms with Gasteiger partial charge in [0.1, 0.15) is 12.7 Å². The van der Waals surface area contributed by atoms with Crippen LogP contribution in [0.5, 0.6) is 0 Å². The number of hydrogen-bond donors (Lipinski definition) is 2. The van der Waals surface area contributed by atoms with Crippen LogP contribution in [0.15, 0.2) is 6.20 Å². The van der Waals surface area contributed by atoms with Crippen LogP contribution in [0.3, 0.4) is 0 Å². The summed E-state index contributed by atoms with van der Waals surface area (Å²) in [5.74, 6) is -0.288. The molecule has 0 aliphatic carbocycles. The van der Waals surface area contributed by atoms with Gasteiger partial charge < -0.3 is 15.4 Å². The highest BCUT2D eigenvalue weighted by atomic mass is 16.6. The smallest absolute Gasteiger partial charge is 0.329 e. The fourth-order valence-corrected chi connectivity index (χ4v) is 1.25. The lowest BCUT2D eigenvalue weighted by Crippen LogP contribution is -2.18. The van der Waals surface area contributed by atoms with Crippen LogP contribution in [0.4, 0.5) is 17.5 Å². The predicted molar refractivity (Wildman–Crippen MR) is 68.0 cm³/mol. The lowest BCUT2D eigenvalue weighted by atomic mass is 10.4. The Morgan fingerprint density at radius 3 is 2.79 bits per heavy atom. The molecule has 0 spiro atoms. The number of aromatic nitrogens is 2. The zero-order valence-corrected chi connectivity index (χ0v) is 10.7. The number of rotatable bonds is 7. The van der Waals surface area contributed by atoms with Crippen molar-refractivity contribution in [3.05, 3.63) is 16.3 Å². The van der Waals surface area contributed by atoms with Crippen molar-refractivity contribution in [2.45, 2.75) is 13.8 Å². The quantitative estimate of drug-likeness (QED) is 0.423.